The Morgan fingerprint density at radius 1 is 1.25 bits per heavy atom. The number of hydrogen-bond acceptors (Lipinski definition) is 10. The lowest BCUT2D eigenvalue weighted by molar-refractivity contribution is 0.107. The lowest BCUT2D eigenvalue weighted by Crippen LogP contribution is -2.60. The zero-order valence-corrected chi connectivity index (χ0v) is 25.0. The third-order valence-corrected chi connectivity index (χ3v) is 9.93. The average molecular weight is 612 g/mol. The van der Waals surface area contributed by atoms with Gasteiger partial charge < -0.3 is 25.4 Å². The predicted molar refractivity (Wildman–Crippen MR) is 159 cm³/mol. The van der Waals surface area contributed by atoms with E-state index in [0.29, 0.717) is 38.2 Å². The summed E-state index contributed by atoms with van der Waals surface area (Å²) in [7, 11) is 0. The fourth-order valence-corrected chi connectivity index (χ4v) is 7.49. The molecule has 0 amide bonds. The van der Waals surface area contributed by atoms with Crippen molar-refractivity contribution in [2.24, 2.45) is 0 Å². The van der Waals surface area contributed by atoms with Crippen LogP contribution in [0.5, 0.6) is 11.9 Å². The second-order valence-electron chi connectivity index (χ2n) is 12.5. The summed E-state index contributed by atoms with van der Waals surface area (Å²) >= 11 is 0. The highest BCUT2D eigenvalue weighted by Gasteiger charge is 2.49. The topological polar surface area (TPSA) is 119 Å². The third kappa shape index (κ3) is 4.46. The van der Waals surface area contributed by atoms with Gasteiger partial charge in [-0.05, 0) is 51.3 Å². The first-order valence-electron chi connectivity index (χ1n) is 15.3. The standard InChI is InChI=1S/C31H36F3N7O3/c1-4-18-12-41-22(10-36-18)16(3)44-29-23-27(25(34)26(37-29)19-8-21(35)24(33)15(2)20(19)13-42)38-30(39-28(23)41)43-14-31-6-5-7-40(31)11-17(32)9-31/h8,13,16-18,22,36H,4-7,9-12,14,35H2,1-3H3/t16-,17+,18+,22-,31-/m0/s1. The molecule has 234 valence electrons. The van der Waals surface area contributed by atoms with Crippen LogP contribution in [0.2, 0.25) is 0 Å². The molecule has 0 radical (unpaired) electrons. The Hall–Kier alpha value is -3.71. The number of ether oxygens (including phenoxy) is 2. The number of pyridine rings is 1. The van der Waals surface area contributed by atoms with Crippen molar-refractivity contribution in [3.63, 3.8) is 0 Å². The molecule has 10 nitrogen and oxygen atoms in total. The summed E-state index contributed by atoms with van der Waals surface area (Å²) in [4.78, 5) is 30.3. The number of hydrogen-bond donors (Lipinski definition) is 2. The number of halogens is 3. The summed E-state index contributed by atoms with van der Waals surface area (Å²) < 4.78 is 58.5. The number of anilines is 2. The second-order valence-corrected chi connectivity index (χ2v) is 12.5. The molecule has 44 heavy (non-hydrogen) atoms. The molecule has 0 saturated carbocycles. The summed E-state index contributed by atoms with van der Waals surface area (Å²) in [6.45, 7) is 7.95. The van der Waals surface area contributed by atoms with Gasteiger partial charge in [0.15, 0.2) is 12.1 Å². The number of piperazine rings is 1. The fourth-order valence-electron chi connectivity index (χ4n) is 7.49. The third-order valence-electron chi connectivity index (χ3n) is 9.93. The molecule has 1 aromatic carbocycles. The lowest BCUT2D eigenvalue weighted by atomic mass is 9.95. The number of rotatable bonds is 6. The van der Waals surface area contributed by atoms with E-state index in [0.717, 1.165) is 25.8 Å². The zero-order valence-electron chi connectivity index (χ0n) is 25.0. The van der Waals surface area contributed by atoms with E-state index in [1.807, 2.05) is 6.92 Å². The largest absolute Gasteiger partial charge is 0.472 e. The summed E-state index contributed by atoms with van der Waals surface area (Å²) in [5, 5.41) is 3.84. The Morgan fingerprint density at radius 2 is 2.07 bits per heavy atom. The molecular formula is C31H36F3N7O3. The van der Waals surface area contributed by atoms with Crippen molar-refractivity contribution in [2.75, 3.05) is 43.4 Å². The number of nitrogens with zero attached hydrogens (tertiary/aromatic N) is 5. The number of alkyl halides is 1. The Morgan fingerprint density at radius 3 is 2.84 bits per heavy atom. The minimum Gasteiger partial charge on any atom is -0.472 e. The normalized spacial score (nSPS) is 28.0. The summed E-state index contributed by atoms with van der Waals surface area (Å²) in [5.74, 6) is -1.05. The molecule has 4 aliphatic rings. The van der Waals surface area contributed by atoms with E-state index in [2.05, 4.69) is 32.0 Å². The molecule has 5 atom stereocenters. The van der Waals surface area contributed by atoms with Crippen LogP contribution in [-0.2, 0) is 0 Å². The van der Waals surface area contributed by atoms with Gasteiger partial charge in [-0.2, -0.15) is 9.97 Å². The highest BCUT2D eigenvalue weighted by Crippen LogP contribution is 2.44. The van der Waals surface area contributed by atoms with Gasteiger partial charge in [0, 0.05) is 43.2 Å². The van der Waals surface area contributed by atoms with Crippen LogP contribution in [0.3, 0.4) is 0 Å². The van der Waals surface area contributed by atoms with Crippen LogP contribution in [-0.4, -0.2) is 88.8 Å². The van der Waals surface area contributed by atoms with Crippen LogP contribution >= 0.6 is 0 Å². The smallest absolute Gasteiger partial charge is 0.319 e. The number of carbonyl (C=O) groups excluding carboxylic acids is 1. The first-order valence-corrected chi connectivity index (χ1v) is 15.3. The number of nitrogens with one attached hydrogen (secondary N) is 1. The minimum atomic E-state index is -0.931. The van der Waals surface area contributed by atoms with Gasteiger partial charge in [0.1, 0.15) is 47.1 Å². The van der Waals surface area contributed by atoms with Gasteiger partial charge in [-0.15, -0.1) is 0 Å². The maximum atomic E-state index is 16.7. The summed E-state index contributed by atoms with van der Waals surface area (Å²) in [6.07, 6.45) is 2.12. The van der Waals surface area contributed by atoms with Gasteiger partial charge in [-0.3, -0.25) is 9.69 Å². The molecule has 0 unspecified atom stereocenters. The molecule has 3 fully saturated rings. The van der Waals surface area contributed by atoms with E-state index in [9.17, 15) is 13.6 Å². The Bertz CT molecular complexity index is 1660. The first-order chi connectivity index (χ1) is 21.1. The van der Waals surface area contributed by atoms with Crippen LogP contribution in [0.4, 0.5) is 24.7 Å². The van der Waals surface area contributed by atoms with Gasteiger partial charge in [0.25, 0.3) is 0 Å². The number of fused-ring (bicyclic) bond motifs is 3. The van der Waals surface area contributed by atoms with Gasteiger partial charge in [-0.25, -0.2) is 18.2 Å². The number of carbonyl (C=O) groups is 1. The number of aromatic nitrogens is 3. The number of benzene rings is 1. The number of nitrogen functional groups attached to an aromatic ring is 1. The highest BCUT2D eigenvalue weighted by atomic mass is 19.1. The van der Waals surface area contributed by atoms with Crippen LogP contribution in [0.1, 0.15) is 55.5 Å². The average Bonchev–Trinajstić information content (AvgIpc) is 3.51. The van der Waals surface area contributed by atoms with E-state index in [4.69, 9.17) is 20.2 Å². The molecule has 0 aliphatic carbocycles. The lowest BCUT2D eigenvalue weighted by Gasteiger charge is -2.42. The Balaban J connectivity index is 1.42. The number of nitrogens with two attached hydrogens (primary N) is 1. The number of aldehydes is 1. The van der Waals surface area contributed by atoms with Crippen molar-refractivity contribution < 1.29 is 27.4 Å². The van der Waals surface area contributed by atoms with Crippen LogP contribution in [0.25, 0.3) is 22.2 Å². The monoisotopic (exact) mass is 611 g/mol. The van der Waals surface area contributed by atoms with E-state index in [1.54, 1.807) is 0 Å². The highest BCUT2D eigenvalue weighted by molar-refractivity contribution is 5.99. The molecule has 0 spiro atoms. The molecular weight excluding hydrogens is 575 g/mol. The zero-order chi connectivity index (χ0) is 30.9. The molecule has 0 bridgehead atoms. The molecule has 4 aliphatic heterocycles. The molecule has 2 aromatic heterocycles. The van der Waals surface area contributed by atoms with Crippen molar-refractivity contribution in [3.05, 3.63) is 28.8 Å². The van der Waals surface area contributed by atoms with Crippen molar-refractivity contribution in [1.29, 1.82) is 0 Å². The quantitative estimate of drug-likeness (QED) is 0.313. The predicted octanol–water partition coefficient (Wildman–Crippen LogP) is 3.97. The molecule has 3 N–H and O–H groups in total. The summed E-state index contributed by atoms with van der Waals surface area (Å²) in [6, 6.07) is 1.17. The van der Waals surface area contributed by atoms with Crippen LogP contribution in [0.15, 0.2) is 6.07 Å². The van der Waals surface area contributed by atoms with Crippen LogP contribution in [0, 0.1) is 18.6 Å². The van der Waals surface area contributed by atoms with Gasteiger partial charge in [0.2, 0.25) is 5.88 Å². The molecule has 3 saturated heterocycles. The molecule has 6 heterocycles. The van der Waals surface area contributed by atoms with E-state index < -0.39 is 23.3 Å². The second kappa shape index (κ2) is 10.7. The van der Waals surface area contributed by atoms with Gasteiger partial charge in [0.05, 0.1) is 17.3 Å². The van der Waals surface area contributed by atoms with Crippen molar-refractivity contribution in [3.8, 4) is 23.1 Å². The van der Waals surface area contributed by atoms with Gasteiger partial charge >= 0.3 is 6.01 Å². The maximum absolute atomic E-state index is 16.7. The summed E-state index contributed by atoms with van der Waals surface area (Å²) in [5.41, 5.74) is 4.82. The van der Waals surface area contributed by atoms with Gasteiger partial charge in [-0.1, -0.05) is 6.92 Å². The van der Waals surface area contributed by atoms with Crippen molar-refractivity contribution >= 4 is 28.7 Å². The van der Waals surface area contributed by atoms with Crippen molar-refractivity contribution in [2.45, 2.75) is 76.4 Å². The van der Waals surface area contributed by atoms with E-state index in [-0.39, 0.29) is 75.7 Å². The SMILES string of the molecule is CC[C@@H]1CN2c3nc(OC[C@@]45CCCN4C[C@H](F)C5)nc4c(F)c(-c5cc(N)c(F)c(C)c5C=O)nc(c34)O[C@@H](C)[C@@H]2CN1. The fraction of sp³-hybridized carbons (Fsp3) is 0.548. The molecule has 7 rings (SSSR count). The Kier molecular flexibility index (Phi) is 7.07. The maximum Gasteiger partial charge on any atom is 0.319 e. The molecule has 3 aromatic rings. The molecule has 13 heteroatoms. The van der Waals surface area contributed by atoms with E-state index >= 15 is 4.39 Å². The Labute approximate surface area is 253 Å². The first kappa shape index (κ1) is 29.0. The van der Waals surface area contributed by atoms with E-state index in [1.165, 1.54) is 13.0 Å². The minimum absolute atomic E-state index is 0.0132. The van der Waals surface area contributed by atoms with Crippen LogP contribution < -0.4 is 25.4 Å². The van der Waals surface area contributed by atoms with Crippen molar-refractivity contribution in [1.82, 2.24) is 25.2 Å².